The fourth-order valence-corrected chi connectivity index (χ4v) is 1.90. The SMILES string of the molecule is C/C=C/c1ccc(Cl)cc1C(O)CCCC. The molecule has 88 valence electrons. The summed E-state index contributed by atoms with van der Waals surface area (Å²) >= 11 is 5.96. The van der Waals surface area contributed by atoms with E-state index in [0.717, 1.165) is 30.4 Å². The molecule has 0 aliphatic heterocycles. The molecule has 0 radical (unpaired) electrons. The molecule has 0 heterocycles. The Hall–Kier alpha value is -0.790. The van der Waals surface area contributed by atoms with Gasteiger partial charge in [-0.2, -0.15) is 0 Å². The molecular formula is C14H19ClO. The van der Waals surface area contributed by atoms with E-state index in [1.807, 2.05) is 37.3 Å². The Kier molecular flexibility index (Phi) is 5.58. The molecule has 1 aromatic carbocycles. The van der Waals surface area contributed by atoms with Gasteiger partial charge in [0.25, 0.3) is 0 Å². The highest BCUT2D eigenvalue weighted by Crippen LogP contribution is 2.26. The Morgan fingerprint density at radius 2 is 2.19 bits per heavy atom. The second-order valence-corrected chi connectivity index (χ2v) is 4.37. The molecule has 0 aromatic heterocycles. The van der Waals surface area contributed by atoms with Gasteiger partial charge in [0.05, 0.1) is 6.10 Å². The van der Waals surface area contributed by atoms with Gasteiger partial charge < -0.3 is 5.11 Å². The van der Waals surface area contributed by atoms with Crippen molar-refractivity contribution in [2.75, 3.05) is 0 Å². The van der Waals surface area contributed by atoms with Crippen LogP contribution in [0.4, 0.5) is 0 Å². The van der Waals surface area contributed by atoms with Crippen LogP contribution < -0.4 is 0 Å². The van der Waals surface area contributed by atoms with E-state index in [2.05, 4.69) is 6.92 Å². The van der Waals surface area contributed by atoms with Gasteiger partial charge in [0.1, 0.15) is 0 Å². The minimum atomic E-state index is -0.412. The van der Waals surface area contributed by atoms with Crippen molar-refractivity contribution in [2.45, 2.75) is 39.2 Å². The minimum Gasteiger partial charge on any atom is -0.388 e. The molecule has 2 heteroatoms. The first-order valence-electron chi connectivity index (χ1n) is 5.79. The zero-order valence-corrected chi connectivity index (χ0v) is 10.7. The van der Waals surface area contributed by atoms with E-state index in [-0.39, 0.29) is 0 Å². The fourth-order valence-electron chi connectivity index (χ4n) is 1.72. The van der Waals surface area contributed by atoms with Crippen LogP contribution in [0.3, 0.4) is 0 Å². The maximum atomic E-state index is 10.1. The molecule has 0 saturated heterocycles. The van der Waals surface area contributed by atoms with Crippen LogP contribution >= 0.6 is 11.6 Å². The summed E-state index contributed by atoms with van der Waals surface area (Å²) in [5.74, 6) is 0. The molecule has 0 aliphatic rings. The van der Waals surface area contributed by atoms with Gasteiger partial charge in [-0.3, -0.25) is 0 Å². The van der Waals surface area contributed by atoms with Crippen molar-refractivity contribution in [3.8, 4) is 0 Å². The predicted molar refractivity (Wildman–Crippen MR) is 70.6 cm³/mol. The summed E-state index contributed by atoms with van der Waals surface area (Å²) in [5, 5.41) is 10.8. The maximum Gasteiger partial charge on any atom is 0.0796 e. The van der Waals surface area contributed by atoms with Gasteiger partial charge in [-0.15, -0.1) is 0 Å². The van der Waals surface area contributed by atoms with Crippen molar-refractivity contribution < 1.29 is 5.11 Å². The highest BCUT2D eigenvalue weighted by Gasteiger charge is 2.11. The Bertz CT molecular complexity index is 358. The van der Waals surface area contributed by atoms with Crippen molar-refractivity contribution in [1.29, 1.82) is 0 Å². The molecule has 1 rings (SSSR count). The summed E-state index contributed by atoms with van der Waals surface area (Å²) in [5.41, 5.74) is 1.98. The molecule has 0 aliphatic carbocycles. The van der Waals surface area contributed by atoms with Gasteiger partial charge >= 0.3 is 0 Å². The van der Waals surface area contributed by atoms with Crippen LogP contribution in [0, 0.1) is 0 Å². The number of hydrogen-bond acceptors (Lipinski definition) is 1. The number of aliphatic hydroxyl groups excluding tert-OH is 1. The monoisotopic (exact) mass is 238 g/mol. The van der Waals surface area contributed by atoms with Crippen LogP contribution in [-0.4, -0.2) is 5.11 Å². The number of halogens is 1. The Morgan fingerprint density at radius 1 is 1.44 bits per heavy atom. The Balaban J connectivity index is 2.94. The number of aliphatic hydroxyl groups is 1. The second-order valence-electron chi connectivity index (χ2n) is 3.93. The summed E-state index contributed by atoms with van der Waals surface area (Å²) in [6.45, 7) is 4.09. The van der Waals surface area contributed by atoms with E-state index >= 15 is 0 Å². The number of allylic oxidation sites excluding steroid dienone is 1. The van der Waals surface area contributed by atoms with E-state index in [0.29, 0.717) is 5.02 Å². The highest BCUT2D eigenvalue weighted by atomic mass is 35.5. The second kappa shape index (κ2) is 6.72. The molecule has 1 N–H and O–H groups in total. The topological polar surface area (TPSA) is 20.2 Å². The van der Waals surface area contributed by atoms with Gasteiger partial charge in [-0.05, 0) is 36.6 Å². The average Bonchev–Trinajstić information content (AvgIpc) is 2.28. The standard InChI is InChI=1S/C14H19ClO/c1-3-5-7-14(16)13-10-12(15)9-8-11(13)6-4-2/h4,6,8-10,14,16H,3,5,7H2,1-2H3/b6-4+. The maximum absolute atomic E-state index is 10.1. The van der Waals surface area contributed by atoms with E-state index < -0.39 is 6.10 Å². The molecular weight excluding hydrogens is 220 g/mol. The van der Waals surface area contributed by atoms with E-state index in [4.69, 9.17) is 11.6 Å². The molecule has 1 atom stereocenters. The van der Waals surface area contributed by atoms with Gasteiger partial charge in [0.2, 0.25) is 0 Å². The van der Waals surface area contributed by atoms with Crippen LogP contribution in [0.1, 0.15) is 50.3 Å². The van der Waals surface area contributed by atoms with Crippen LogP contribution in [0.25, 0.3) is 6.08 Å². The van der Waals surface area contributed by atoms with Crippen LogP contribution in [0.2, 0.25) is 5.02 Å². The first kappa shape index (κ1) is 13.3. The lowest BCUT2D eigenvalue weighted by atomic mass is 9.98. The molecule has 0 amide bonds. The Morgan fingerprint density at radius 3 is 2.81 bits per heavy atom. The van der Waals surface area contributed by atoms with Crippen molar-refractivity contribution in [3.05, 3.63) is 40.4 Å². The minimum absolute atomic E-state index is 0.412. The van der Waals surface area contributed by atoms with E-state index in [1.54, 1.807) is 0 Å². The molecule has 0 bridgehead atoms. The van der Waals surface area contributed by atoms with Crippen LogP contribution in [0.15, 0.2) is 24.3 Å². The predicted octanol–water partition coefficient (Wildman–Crippen LogP) is 4.60. The van der Waals surface area contributed by atoms with Gasteiger partial charge in [0.15, 0.2) is 0 Å². The third kappa shape index (κ3) is 3.66. The summed E-state index contributed by atoms with van der Waals surface area (Å²) in [4.78, 5) is 0. The summed E-state index contributed by atoms with van der Waals surface area (Å²) < 4.78 is 0. The molecule has 0 spiro atoms. The number of rotatable bonds is 5. The lowest BCUT2D eigenvalue weighted by Crippen LogP contribution is -2.00. The lowest BCUT2D eigenvalue weighted by molar-refractivity contribution is 0.164. The van der Waals surface area contributed by atoms with E-state index in [1.165, 1.54) is 0 Å². The summed E-state index contributed by atoms with van der Waals surface area (Å²) in [6.07, 6.45) is 6.48. The van der Waals surface area contributed by atoms with Gasteiger partial charge in [-0.25, -0.2) is 0 Å². The van der Waals surface area contributed by atoms with Gasteiger partial charge in [0, 0.05) is 5.02 Å². The molecule has 0 saturated carbocycles. The first-order chi connectivity index (χ1) is 7.69. The fraction of sp³-hybridized carbons (Fsp3) is 0.429. The summed E-state index contributed by atoms with van der Waals surface area (Å²) in [7, 11) is 0. The first-order valence-corrected chi connectivity index (χ1v) is 6.17. The largest absolute Gasteiger partial charge is 0.388 e. The van der Waals surface area contributed by atoms with Crippen LogP contribution in [-0.2, 0) is 0 Å². The molecule has 16 heavy (non-hydrogen) atoms. The third-order valence-electron chi connectivity index (χ3n) is 2.59. The quantitative estimate of drug-likeness (QED) is 0.795. The average molecular weight is 239 g/mol. The number of unbranched alkanes of at least 4 members (excludes halogenated alkanes) is 1. The number of benzene rings is 1. The molecule has 1 nitrogen and oxygen atoms in total. The lowest BCUT2D eigenvalue weighted by Gasteiger charge is -2.14. The van der Waals surface area contributed by atoms with Crippen molar-refractivity contribution in [2.24, 2.45) is 0 Å². The highest BCUT2D eigenvalue weighted by molar-refractivity contribution is 6.30. The van der Waals surface area contributed by atoms with Crippen LogP contribution in [0.5, 0.6) is 0 Å². The molecule has 0 fully saturated rings. The van der Waals surface area contributed by atoms with Crippen molar-refractivity contribution in [1.82, 2.24) is 0 Å². The molecule has 1 unspecified atom stereocenters. The van der Waals surface area contributed by atoms with Crippen molar-refractivity contribution >= 4 is 17.7 Å². The zero-order chi connectivity index (χ0) is 12.0. The smallest absolute Gasteiger partial charge is 0.0796 e. The summed E-state index contributed by atoms with van der Waals surface area (Å²) in [6, 6.07) is 5.66. The van der Waals surface area contributed by atoms with Gasteiger partial charge in [-0.1, -0.05) is 49.6 Å². The number of hydrogen-bond donors (Lipinski definition) is 1. The molecule has 1 aromatic rings. The Labute approximate surface area is 103 Å². The third-order valence-corrected chi connectivity index (χ3v) is 2.82. The zero-order valence-electron chi connectivity index (χ0n) is 9.91. The van der Waals surface area contributed by atoms with Crippen molar-refractivity contribution in [3.63, 3.8) is 0 Å². The normalized spacial score (nSPS) is 13.2. The van der Waals surface area contributed by atoms with E-state index in [9.17, 15) is 5.11 Å².